The van der Waals surface area contributed by atoms with Crippen LogP contribution in [0.3, 0.4) is 0 Å². The Balaban J connectivity index is 1.47. The molecule has 1 heterocycles. The molecule has 0 aromatic heterocycles. The van der Waals surface area contributed by atoms with E-state index in [0.29, 0.717) is 6.61 Å². The van der Waals surface area contributed by atoms with Gasteiger partial charge in [0.25, 0.3) is 0 Å². The molecule has 0 aliphatic carbocycles. The van der Waals surface area contributed by atoms with Crippen molar-refractivity contribution in [3.05, 3.63) is 95.8 Å². The average Bonchev–Trinajstić information content (AvgIpc) is 3.10. The van der Waals surface area contributed by atoms with Crippen molar-refractivity contribution in [3.63, 3.8) is 0 Å². The number of anilines is 1. The molecule has 4 rings (SSSR count). The first-order valence-electron chi connectivity index (χ1n) is 9.17. The molecule has 138 valence electrons. The van der Waals surface area contributed by atoms with Gasteiger partial charge in [0.1, 0.15) is 18.2 Å². The maximum absolute atomic E-state index is 13.2. The highest BCUT2D eigenvalue weighted by molar-refractivity contribution is 5.47. The summed E-state index contributed by atoms with van der Waals surface area (Å²) in [7, 11) is 0. The molecular weight excluding hydrogens is 341 g/mol. The molecule has 1 aliphatic rings. The second-order valence-corrected chi connectivity index (χ2v) is 6.81. The van der Waals surface area contributed by atoms with Gasteiger partial charge < -0.3 is 4.74 Å². The van der Waals surface area contributed by atoms with E-state index in [-0.39, 0.29) is 18.0 Å². The lowest BCUT2D eigenvalue weighted by atomic mass is 10.0. The Bertz CT molecular complexity index is 865. The fourth-order valence-electron chi connectivity index (χ4n) is 3.35. The molecule has 27 heavy (non-hydrogen) atoms. The van der Waals surface area contributed by atoms with E-state index in [4.69, 9.17) is 9.57 Å². The maximum atomic E-state index is 13.2. The summed E-state index contributed by atoms with van der Waals surface area (Å²) in [5.41, 5.74) is 3.15. The smallest absolute Gasteiger partial charge is 0.123 e. The zero-order valence-electron chi connectivity index (χ0n) is 15.2. The van der Waals surface area contributed by atoms with E-state index in [1.807, 2.05) is 54.5 Å². The van der Waals surface area contributed by atoms with Gasteiger partial charge in [-0.25, -0.2) is 9.45 Å². The standard InChI is InChI=1S/C23H22FNO2/c1-17-15-23(25(27-17)21-11-9-20(24)10-12-21)19-7-13-22(14-8-19)26-16-18-5-3-2-4-6-18/h2-14,17,23H,15-16H2,1H3/t17?,23-/m0/s1. The predicted octanol–water partition coefficient (Wildman–Crippen LogP) is 5.68. The third-order valence-corrected chi connectivity index (χ3v) is 4.73. The number of nitrogens with zero attached hydrogens (tertiary/aromatic N) is 1. The van der Waals surface area contributed by atoms with Crippen LogP contribution in [0.2, 0.25) is 0 Å². The summed E-state index contributed by atoms with van der Waals surface area (Å²) >= 11 is 0. The molecule has 1 unspecified atom stereocenters. The minimum Gasteiger partial charge on any atom is -0.489 e. The molecule has 0 bridgehead atoms. The van der Waals surface area contributed by atoms with Crippen molar-refractivity contribution >= 4 is 5.69 Å². The highest BCUT2D eigenvalue weighted by atomic mass is 19.1. The van der Waals surface area contributed by atoms with Crippen LogP contribution in [-0.2, 0) is 11.4 Å². The van der Waals surface area contributed by atoms with Crippen molar-refractivity contribution in [2.45, 2.75) is 32.1 Å². The summed E-state index contributed by atoms with van der Waals surface area (Å²) in [6, 6.07) is 24.7. The zero-order chi connectivity index (χ0) is 18.6. The molecule has 3 aromatic rings. The predicted molar refractivity (Wildman–Crippen MR) is 104 cm³/mol. The lowest BCUT2D eigenvalue weighted by molar-refractivity contribution is 0.0959. The van der Waals surface area contributed by atoms with Crippen molar-refractivity contribution < 1.29 is 14.0 Å². The molecule has 0 amide bonds. The minimum atomic E-state index is -0.248. The molecular formula is C23H22FNO2. The number of benzene rings is 3. The van der Waals surface area contributed by atoms with E-state index < -0.39 is 0 Å². The van der Waals surface area contributed by atoms with Crippen LogP contribution in [-0.4, -0.2) is 6.10 Å². The van der Waals surface area contributed by atoms with Crippen molar-refractivity contribution in [1.29, 1.82) is 0 Å². The van der Waals surface area contributed by atoms with Gasteiger partial charge in [-0.3, -0.25) is 4.84 Å². The van der Waals surface area contributed by atoms with Crippen LogP contribution in [0.1, 0.15) is 30.5 Å². The van der Waals surface area contributed by atoms with E-state index in [0.717, 1.165) is 29.0 Å². The Morgan fingerprint density at radius 1 is 0.963 bits per heavy atom. The van der Waals surface area contributed by atoms with Crippen LogP contribution in [0.4, 0.5) is 10.1 Å². The van der Waals surface area contributed by atoms with Crippen LogP contribution in [0.25, 0.3) is 0 Å². The number of rotatable bonds is 5. The zero-order valence-corrected chi connectivity index (χ0v) is 15.2. The summed E-state index contributed by atoms with van der Waals surface area (Å²) in [6.07, 6.45) is 0.982. The van der Waals surface area contributed by atoms with Crippen LogP contribution in [0.15, 0.2) is 78.9 Å². The largest absolute Gasteiger partial charge is 0.489 e. The SMILES string of the molecule is CC1C[C@@H](c2ccc(OCc3ccccc3)cc2)N(c2ccc(F)cc2)O1. The molecule has 0 spiro atoms. The first-order chi connectivity index (χ1) is 13.2. The molecule has 3 nitrogen and oxygen atoms in total. The molecule has 0 radical (unpaired) electrons. The normalized spacial score (nSPS) is 19.3. The summed E-state index contributed by atoms with van der Waals surface area (Å²) in [5.74, 6) is 0.588. The van der Waals surface area contributed by atoms with Gasteiger partial charge in [-0.2, -0.15) is 0 Å². The van der Waals surface area contributed by atoms with Gasteiger partial charge in [0.2, 0.25) is 0 Å². The Hall–Kier alpha value is -2.85. The van der Waals surface area contributed by atoms with Crippen molar-refractivity contribution in [2.24, 2.45) is 0 Å². The van der Waals surface area contributed by atoms with E-state index in [1.54, 1.807) is 12.1 Å². The Labute approximate surface area is 158 Å². The monoisotopic (exact) mass is 363 g/mol. The second kappa shape index (κ2) is 7.80. The van der Waals surface area contributed by atoms with Gasteiger partial charge in [0.05, 0.1) is 17.8 Å². The molecule has 3 aromatic carbocycles. The van der Waals surface area contributed by atoms with Gasteiger partial charge in [0.15, 0.2) is 0 Å². The fraction of sp³-hybridized carbons (Fsp3) is 0.217. The third kappa shape index (κ3) is 4.12. The number of hydrogen-bond acceptors (Lipinski definition) is 3. The Kier molecular flexibility index (Phi) is 5.07. The number of ether oxygens (including phenoxy) is 1. The lowest BCUT2D eigenvalue weighted by Crippen LogP contribution is -2.21. The van der Waals surface area contributed by atoms with Crippen LogP contribution >= 0.6 is 0 Å². The molecule has 1 aliphatic heterocycles. The summed E-state index contributed by atoms with van der Waals surface area (Å²) in [6.45, 7) is 2.60. The minimum absolute atomic E-state index is 0.0913. The molecule has 1 saturated heterocycles. The first kappa shape index (κ1) is 17.6. The number of hydroxylamine groups is 1. The lowest BCUT2D eigenvalue weighted by Gasteiger charge is -2.25. The summed E-state index contributed by atoms with van der Waals surface area (Å²) in [5, 5.41) is 1.88. The average molecular weight is 363 g/mol. The Morgan fingerprint density at radius 2 is 1.67 bits per heavy atom. The highest BCUT2D eigenvalue weighted by Crippen LogP contribution is 2.38. The van der Waals surface area contributed by atoms with E-state index in [9.17, 15) is 4.39 Å². The molecule has 1 fully saturated rings. The van der Waals surface area contributed by atoms with Crippen LogP contribution in [0.5, 0.6) is 5.75 Å². The first-order valence-corrected chi connectivity index (χ1v) is 9.17. The summed E-state index contributed by atoms with van der Waals surface area (Å²) in [4.78, 5) is 5.97. The van der Waals surface area contributed by atoms with Gasteiger partial charge in [-0.05, 0) is 54.4 Å². The molecule has 0 saturated carbocycles. The number of halogens is 1. The summed E-state index contributed by atoms with van der Waals surface area (Å²) < 4.78 is 19.1. The fourth-order valence-corrected chi connectivity index (χ4v) is 3.35. The molecule has 2 atom stereocenters. The van der Waals surface area contributed by atoms with Gasteiger partial charge in [-0.15, -0.1) is 0 Å². The van der Waals surface area contributed by atoms with E-state index in [1.165, 1.54) is 12.1 Å². The third-order valence-electron chi connectivity index (χ3n) is 4.73. The van der Waals surface area contributed by atoms with Gasteiger partial charge in [0, 0.05) is 6.42 Å². The quantitative estimate of drug-likeness (QED) is 0.582. The maximum Gasteiger partial charge on any atom is 0.123 e. The van der Waals surface area contributed by atoms with Gasteiger partial charge >= 0.3 is 0 Å². The molecule has 4 heteroatoms. The highest BCUT2D eigenvalue weighted by Gasteiger charge is 2.32. The van der Waals surface area contributed by atoms with E-state index >= 15 is 0 Å². The van der Waals surface area contributed by atoms with Crippen LogP contribution < -0.4 is 9.80 Å². The number of hydrogen-bond donors (Lipinski definition) is 0. The van der Waals surface area contributed by atoms with Crippen molar-refractivity contribution in [2.75, 3.05) is 5.06 Å². The topological polar surface area (TPSA) is 21.7 Å². The van der Waals surface area contributed by atoms with Crippen molar-refractivity contribution in [1.82, 2.24) is 0 Å². The second-order valence-electron chi connectivity index (χ2n) is 6.81. The van der Waals surface area contributed by atoms with Gasteiger partial charge in [-0.1, -0.05) is 42.5 Å². The molecule has 0 N–H and O–H groups in total. The van der Waals surface area contributed by atoms with Crippen LogP contribution in [0, 0.1) is 5.82 Å². The Morgan fingerprint density at radius 3 is 2.37 bits per heavy atom. The van der Waals surface area contributed by atoms with E-state index in [2.05, 4.69) is 12.1 Å². The van der Waals surface area contributed by atoms with Crippen molar-refractivity contribution in [3.8, 4) is 5.75 Å².